The maximum Gasteiger partial charge on any atom is 0.224 e. The van der Waals surface area contributed by atoms with Gasteiger partial charge in [0.1, 0.15) is 0 Å². The fourth-order valence-electron chi connectivity index (χ4n) is 4.31. The zero-order chi connectivity index (χ0) is 16.8. The molecule has 0 radical (unpaired) electrons. The van der Waals surface area contributed by atoms with Crippen LogP contribution in [0, 0.1) is 6.92 Å². The minimum atomic E-state index is -0.224. The molecule has 2 heteroatoms. The van der Waals surface area contributed by atoms with Crippen molar-refractivity contribution >= 4 is 11.6 Å². The van der Waals surface area contributed by atoms with Gasteiger partial charge in [-0.1, -0.05) is 55.0 Å². The van der Waals surface area contributed by atoms with Gasteiger partial charge in [0.25, 0.3) is 0 Å². The predicted octanol–water partition coefficient (Wildman–Crippen LogP) is 4.84. The fraction of sp³-hybridized carbons (Fsp3) is 0.381. The first-order valence-corrected chi connectivity index (χ1v) is 8.23. The molecule has 1 heterocycles. The van der Waals surface area contributed by atoms with Crippen LogP contribution in [0.4, 0.5) is 5.69 Å². The second-order valence-corrected chi connectivity index (χ2v) is 7.56. The van der Waals surface area contributed by atoms with Crippen molar-refractivity contribution in [3.8, 4) is 0 Å². The van der Waals surface area contributed by atoms with E-state index in [-0.39, 0.29) is 16.9 Å². The van der Waals surface area contributed by atoms with Crippen LogP contribution in [0.5, 0.6) is 0 Å². The van der Waals surface area contributed by atoms with Crippen molar-refractivity contribution in [1.82, 2.24) is 0 Å². The number of hydrogen-bond donors (Lipinski definition) is 0. The van der Waals surface area contributed by atoms with Gasteiger partial charge in [-0.3, -0.25) is 4.79 Å². The van der Waals surface area contributed by atoms with Gasteiger partial charge < -0.3 is 4.90 Å². The Kier molecular flexibility index (Phi) is 3.59. The summed E-state index contributed by atoms with van der Waals surface area (Å²) in [4.78, 5) is 14.3. The number of hydrogen-bond acceptors (Lipinski definition) is 1. The standard InChI is InChI=1S/C21H25NO/c1-15-11-12-19-18(13-15)21(5,17-9-7-6-8-10-17)14-20(3,4)22(19)16(2)23/h6-13H,14H2,1-5H3. The molecule has 2 nitrogen and oxygen atoms in total. The third-order valence-corrected chi connectivity index (χ3v) is 5.10. The highest BCUT2D eigenvalue weighted by Crippen LogP contribution is 2.50. The van der Waals surface area contributed by atoms with Gasteiger partial charge in [0.15, 0.2) is 0 Å². The number of anilines is 1. The molecule has 0 N–H and O–H groups in total. The molecular weight excluding hydrogens is 282 g/mol. The van der Waals surface area contributed by atoms with Gasteiger partial charge in [0.2, 0.25) is 5.91 Å². The largest absolute Gasteiger partial charge is 0.307 e. The van der Waals surface area contributed by atoms with E-state index in [9.17, 15) is 4.79 Å². The Balaban J connectivity index is 2.30. The molecule has 0 aromatic heterocycles. The van der Waals surface area contributed by atoms with E-state index in [1.54, 1.807) is 6.92 Å². The van der Waals surface area contributed by atoms with E-state index in [0.29, 0.717) is 0 Å². The van der Waals surface area contributed by atoms with Gasteiger partial charge in [-0.15, -0.1) is 0 Å². The molecule has 1 amide bonds. The highest BCUT2D eigenvalue weighted by molar-refractivity contribution is 5.95. The lowest BCUT2D eigenvalue weighted by atomic mass is 9.65. The van der Waals surface area contributed by atoms with Crippen LogP contribution in [0.3, 0.4) is 0 Å². The molecule has 0 saturated carbocycles. The van der Waals surface area contributed by atoms with Crippen LogP contribution in [0.1, 0.15) is 50.8 Å². The summed E-state index contributed by atoms with van der Waals surface area (Å²) in [5.41, 5.74) is 4.51. The summed E-state index contributed by atoms with van der Waals surface area (Å²) in [7, 11) is 0. The minimum Gasteiger partial charge on any atom is -0.307 e. The summed E-state index contributed by atoms with van der Waals surface area (Å²) in [6.07, 6.45) is 0.903. The van der Waals surface area contributed by atoms with Crippen LogP contribution in [0.15, 0.2) is 48.5 Å². The molecule has 1 unspecified atom stereocenters. The third kappa shape index (κ3) is 2.46. The SMILES string of the molecule is CC(=O)N1c2ccc(C)cc2C(C)(c2ccccc2)CC1(C)C. The monoisotopic (exact) mass is 307 g/mol. The van der Waals surface area contributed by atoms with E-state index in [1.807, 2.05) is 4.90 Å². The first-order chi connectivity index (χ1) is 10.8. The van der Waals surface area contributed by atoms with Gasteiger partial charge in [-0.05, 0) is 44.4 Å². The summed E-state index contributed by atoms with van der Waals surface area (Å²) >= 11 is 0. The van der Waals surface area contributed by atoms with Crippen LogP contribution in [0.2, 0.25) is 0 Å². The number of fused-ring (bicyclic) bond motifs is 1. The first-order valence-electron chi connectivity index (χ1n) is 8.23. The minimum absolute atomic E-state index is 0.0991. The summed E-state index contributed by atoms with van der Waals surface area (Å²) < 4.78 is 0. The van der Waals surface area contributed by atoms with Crippen LogP contribution < -0.4 is 4.90 Å². The van der Waals surface area contributed by atoms with Crippen molar-refractivity contribution in [2.24, 2.45) is 0 Å². The number of rotatable bonds is 1. The van der Waals surface area contributed by atoms with E-state index < -0.39 is 0 Å². The summed E-state index contributed by atoms with van der Waals surface area (Å²) in [6, 6.07) is 17.1. The molecule has 0 bridgehead atoms. The van der Waals surface area contributed by atoms with Crippen molar-refractivity contribution in [2.45, 2.75) is 52.0 Å². The molecule has 2 aromatic carbocycles. The molecule has 2 aromatic rings. The lowest BCUT2D eigenvalue weighted by molar-refractivity contribution is -0.117. The maximum absolute atomic E-state index is 12.3. The first kappa shape index (κ1) is 15.8. The summed E-state index contributed by atoms with van der Waals surface area (Å²) in [5, 5.41) is 0. The van der Waals surface area contributed by atoms with Crippen molar-refractivity contribution in [1.29, 1.82) is 0 Å². The third-order valence-electron chi connectivity index (χ3n) is 5.10. The van der Waals surface area contributed by atoms with Crippen LogP contribution >= 0.6 is 0 Å². The quantitative estimate of drug-likeness (QED) is 0.738. The topological polar surface area (TPSA) is 20.3 Å². The Bertz CT molecular complexity index is 748. The van der Waals surface area contributed by atoms with Gasteiger partial charge in [0, 0.05) is 23.6 Å². The smallest absolute Gasteiger partial charge is 0.224 e. The Morgan fingerprint density at radius 2 is 1.70 bits per heavy atom. The number of aryl methyl sites for hydroxylation is 1. The zero-order valence-electron chi connectivity index (χ0n) is 14.7. The Morgan fingerprint density at radius 1 is 1.04 bits per heavy atom. The van der Waals surface area contributed by atoms with Gasteiger partial charge in [-0.2, -0.15) is 0 Å². The lowest BCUT2D eigenvalue weighted by Crippen LogP contribution is -2.55. The Hall–Kier alpha value is -2.09. The van der Waals surface area contributed by atoms with Gasteiger partial charge >= 0.3 is 0 Å². The molecule has 1 atom stereocenters. The Morgan fingerprint density at radius 3 is 2.30 bits per heavy atom. The second-order valence-electron chi connectivity index (χ2n) is 7.56. The van der Waals surface area contributed by atoms with E-state index in [0.717, 1.165) is 12.1 Å². The fourth-order valence-corrected chi connectivity index (χ4v) is 4.31. The number of carbonyl (C=O) groups is 1. The van der Waals surface area contributed by atoms with Crippen LogP contribution in [-0.2, 0) is 10.2 Å². The normalized spacial score (nSPS) is 22.6. The highest BCUT2D eigenvalue weighted by atomic mass is 16.2. The zero-order valence-corrected chi connectivity index (χ0v) is 14.7. The van der Waals surface area contributed by atoms with Crippen molar-refractivity contribution < 1.29 is 4.79 Å². The molecule has 1 aliphatic heterocycles. The Labute approximate surface area is 139 Å². The number of amides is 1. The molecule has 120 valence electrons. The molecule has 0 saturated heterocycles. The molecular formula is C21H25NO. The number of carbonyl (C=O) groups excluding carboxylic acids is 1. The molecule has 0 aliphatic carbocycles. The summed E-state index contributed by atoms with van der Waals surface area (Å²) in [5.74, 6) is 0.107. The van der Waals surface area contributed by atoms with Gasteiger partial charge in [0.05, 0.1) is 0 Å². The van der Waals surface area contributed by atoms with Crippen molar-refractivity contribution in [3.05, 3.63) is 65.2 Å². The van der Waals surface area contributed by atoms with Crippen LogP contribution in [-0.4, -0.2) is 11.4 Å². The van der Waals surface area contributed by atoms with E-state index in [1.165, 1.54) is 16.7 Å². The van der Waals surface area contributed by atoms with Crippen LogP contribution in [0.25, 0.3) is 0 Å². The van der Waals surface area contributed by atoms with E-state index >= 15 is 0 Å². The number of benzene rings is 2. The summed E-state index contributed by atoms with van der Waals surface area (Å²) in [6.45, 7) is 10.4. The van der Waals surface area contributed by atoms with E-state index in [2.05, 4.69) is 76.2 Å². The predicted molar refractivity (Wildman–Crippen MR) is 95.9 cm³/mol. The second kappa shape index (κ2) is 5.23. The molecule has 23 heavy (non-hydrogen) atoms. The number of nitrogens with zero attached hydrogens (tertiary/aromatic N) is 1. The van der Waals surface area contributed by atoms with Crippen molar-refractivity contribution in [3.63, 3.8) is 0 Å². The lowest BCUT2D eigenvalue weighted by Gasteiger charge is -2.51. The van der Waals surface area contributed by atoms with Gasteiger partial charge in [-0.25, -0.2) is 0 Å². The van der Waals surface area contributed by atoms with E-state index in [4.69, 9.17) is 0 Å². The molecule has 0 fully saturated rings. The average Bonchev–Trinajstić information content (AvgIpc) is 2.48. The maximum atomic E-state index is 12.3. The molecule has 3 rings (SSSR count). The average molecular weight is 307 g/mol. The highest BCUT2D eigenvalue weighted by Gasteiger charge is 2.46. The van der Waals surface area contributed by atoms with Crippen molar-refractivity contribution in [2.75, 3.05) is 4.90 Å². The molecule has 0 spiro atoms. The molecule has 1 aliphatic rings.